The lowest BCUT2D eigenvalue weighted by Gasteiger charge is -2.13. The first-order chi connectivity index (χ1) is 12.5. The molecule has 0 unspecified atom stereocenters. The Morgan fingerprint density at radius 1 is 1.15 bits per heavy atom. The molecule has 26 heavy (non-hydrogen) atoms. The Hall–Kier alpha value is -2.16. The van der Waals surface area contributed by atoms with E-state index >= 15 is 0 Å². The molecule has 8 heteroatoms. The molecule has 2 rings (SSSR count). The first kappa shape index (κ1) is 20.2. The SMILES string of the molecule is COCCOc1cccc(NC(=S)NC(=O)c2cc(Br)ccc2OC)c1. The van der Waals surface area contributed by atoms with Gasteiger partial charge in [0.05, 0.1) is 19.3 Å². The van der Waals surface area contributed by atoms with Crippen LogP contribution in [-0.4, -0.2) is 38.5 Å². The summed E-state index contributed by atoms with van der Waals surface area (Å²) in [6, 6.07) is 12.4. The zero-order valence-electron chi connectivity index (χ0n) is 14.4. The number of methoxy groups -OCH3 is 2. The number of nitrogens with one attached hydrogen (secondary N) is 2. The summed E-state index contributed by atoms with van der Waals surface area (Å²) in [6.45, 7) is 0.949. The van der Waals surface area contributed by atoms with Gasteiger partial charge in [-0.05, 0) is 42.5 Å². The number of amides is 1. The van der Waals surface area contributed by atoms with Gasteiger partial charge in [0.15, 0.2) is 5.11 Å². The number of thiocarbonyl (C=S) groups is 1. The van der Waals surface area contributed by atoms with Crippen molar-refractivity contribution >= 4 is 44.9 Å². The second kappa shape index (κ2) is 10.1. The maximum Gasteiger partial charge on any atom is 0.261 e. The summed E-state index contributed by atoms with van der Waals surface area (Å²) in [5, 5.41) is 5.77. The van der Waals surface area contributed by atoms with Gasteiger partial charge in [0.25, 0.3) is 5.91 Å². The normalized spacial score (nSPS) is 10.1. The van der Waals surface area contributed by atoms with Crippen molar-refractivity contribution in [3.8, 4) is 11.5 Å². The fourth-order valence-corrected chi connectivity index (χ4v) is 2.67. The molecule has 0 fully saturated rings. The van der Waals surface area contributed by atoms with Crippen molar-refractivity contribution in [2.45, 2.75) is 0 Å². The summed E-state index contributed by atoms with van der Waals surface area (Å²) >= 11 is 8.56. The minimum atomic E-state index is -0.367. The molecule has 0 aliphatic carbocycles. The van der Waals surface area contributed by atoms with Gasteiger partial charge in [0, 0.05) is 23.3 Å². The minimum absolute atomic E-state index is 0.172. The van der Waals surface area contributed by atoms with Crippen molar-refractivity contribution in [1.82, 2.24) is 5.32 Å². The Morgan fingerprint density at radius 2 is 1.96 bits per heavy atom. The average Bonchev–Trinajstić information content (AvgIpc) is 2.62. The summed E-state index contributed by atoms with van der Waals surface area (Å²) in [5.74, 6) is 0.769. The van der Waals surface area contributed by atoms with Crippen LogP contribution in [0.4, 0.5) is 5.69 Å². The number of carbonyl (C=O) groups is 1. The molecule has 0 saturated heterocycles. The van der Waals surface area contributed by atoms with Crippen LogP contribution in [0.2, 0.25) is 0 Å². The van der Waals surface area contributed by atoms with Crippen molar-refractivity contribution in [3.63, 3.8) is 0 Å². The van der Waals surface area contributed by atoms with Crippen LogP contribution >= 0.6 is 28.1 Å². The monoisotopic (exact) mass is 438 g/mol. The number of hydrogen-bond acceptors (Lipinski definition) is 5. The number of anilines is 1. The third kappa shape index (κ3) is 5.98. The Kier molecular flexibility index (Phi) is 7.83. The summed E-state index contributed by atoms with van der Waals surface area (Å²) in [7, 11) is 3.12. The molecule has 2 aromatic rings. The second-order valence-electron chi connectivity index (χ2n) is 5.12. The highest BCUT2D eigenvalue weighted by molar-refractivity contribution is 9.10. The number of carbonyl (C=O) groups excluding carboxylic acids is 1. The molecule has 0 radical (unpaired) electrons. The molecule has 0 aromatic heterocycles. The van der Waals surface area contributed by atoms with E-state index in [-0.39, 0.29) is 11.0 Å². The molecule has 138 valence electrons. The number of hydrogen-bond donors (Lipinski definition) is 2. The predicted molar refractivity (Wildman–Crippen MR) is 108 cm³/mol. The van der Waals surface area contributed by atoms with Crippen molar-refractivity contribution in [2.75, 3.05) is 32.8 Å². The van der Waals surface area contributed by atoms with E-state index in [0.717, 1.165) is 4.47 Å². The summed E-state index contributed by atoms with van der Waals surface area (Å²) in [6.07, 6.45) is 0. The predicted octanol–water partition coefficient (Wildman–Crippen LogP) is 3.61. The van der Waals surface area contributed by atoms with Gasteiger partial charge in [-0.25, -0.2) is 0 Å². The Labute approximate surface area is 166 Å². The largest absolute Gasteiger partial charge is 0.496 e. The molecule has 0 spiro atoms. The number of benzene rings is 2. The van der Waals surface area contributed by atoms with E-state index in [9.17, 15) is 4.79 Å². The lowest BCUT2D eigenvalue weighted by atomic mass is 10.2. The second-order valence-corrected chi connectivity index (χ2v) is 6.45. The fraction of sp³-hybridized carbons (Fsp3) is 0.222. The maximum absolute atomic E-state index is 12.4. The van der Waals surface area contributed by atoms with Gasteiger partial charge in [-0.15, -0.1) is 0 Å². The van der Waals surface area contributed by atoms with Crippen LogP contribution in [0.1, 0.15) is 10.4 Å². The summed E-state index contributed by atoms with van der Waals surface area (Å²) in [5.41, 5.74) is 1.08. The zero-order chi connectivity index (χ0) is 18.9. The van der Waals surface area contributed by atoms with Crippen LogP contribution < -0.4 is 20.1 Å². The van der Waals surface area contributed by atoms with Gasteiger partial charge in [-0.2, -0.15) is 0 Å². The minimum Gasteiger partial charge on any atom is -0.496 e. The maximum atomic E-state index is 12.4. The van der Waals surface area contributed by atoms with Crippen molar-refractivity contribution in [2.24, 2.45) is 0 Å². The average molecular weight is 439 g/mol. The van der Waals surface area contributed by atoms with Crippen LogP contribution in [0.5, 0.6) is 11.5 Å². The van der Waals surface area contributed by atoms with Gasteiger partial charge >= 0.3 is 0 Å². The van der Waals surface area contributed by atoms with Crippen molar-refractivity contribution in [3.05, 3.63) is 52.5 Å². The molecule has 0 heterocycles. The highest BCUT2D eigenvalue weighted by Crippen LogP contribution is 2.23. The first-order valence-corrected chi connectivity index (χ1v) is 8.91. The molecule has 0 bridgehead atoms. The standard InChI is InChI=1S/C18H19BrN2O4S/c1-23-8-9-25-14-5-3-4-13(11-14)20-18(26)21-17(22)15-10-12(19)6-7-16(15)24-2/h3-7,10-11H,8-9H2,1-2H3,(H2,20,21,22,26). The van der Waals surface area contributed by atoms with Crippen LogP contribution in [0, 0.1) is 0 Å². The van der Waals surface area contributed by atoms with Gasteiger partial charge in [0.1, 0.15) is 18.1 Å². The Morgan fingerprint density at radius 3 is 2.69 bits per heavy atom. The highest BCUT2D eigenvalue weighted by atomic mass is 79.9. The molecule has 1 amide bonds. The zero-order valence-corrected chi connectivity index (χ0v) is 16.8. The molecule has 6 nitrogen and oxygen atoms in total. The first-order valence-electron chi connectivity index (χ1n) is 7.71. The quantitative estimate of drug-likeness (QED) is 0.508. The lowest BCUT2D eigenvalue weighted by Crippen LogP contribution is -2.34. The van der Waals surface area contributed by atoms with Crippen LogP contribution in [0.25, 0.3) is 0 Å². The number of halogens is 1. The third-order valence-corrected chi connectivity index (χ3v) is 3.98. The van der Waals surface area contributed by atoms with Crippen LogP contribution in [0.15, 0.2) is 46.9 Å². The summed E-state index contributed by atoms with van der Waals surface area (Å²) in [4.78, 5) is 12.4. The highest BCUT2D eigenvalue weighted by Gasteiger charge is 2.14. The molecule has 2 aromatic carbocycles. The van der Waals surface area contributed by atoms with E-state index in [2.05, 4.69) is 26.6 Å². The molecule has 2 N–H and O–H groups in total. The van der Waals surface area contributed by atoms with E-state index in [0.29, 0.717) is 36.0 Å². The topological polar surface area (TPSA) is 68.8 Å². The molecule has 0 atom stereocenters. The fourth-order valence-electron chi connectivity index (χ4n) is 2.10. The number of ether oxygens (including phenoxy) is 3. The van der Waals surface area contributed by atoms with Gasteiger partial charge < -0.3 is 19.5 Å². The van der Waals surface area contributed by atoms with Crippen LogP contribution in [-0.2, 0) is 4.74 Å². The molecular formula is C18H19BrN2O4S. The Bertz CT molecular complexity index is 786. The van der Waals surface area contributed by atoms with E-state index in [1.807, 2.05) is 18.2 Å². The molecule has 0 aliphatic rings. The van der Waals surface area contributed by atoms with Gasteiger partial charge in [0.2, 0.25) is 0 Å². The third-order valence-electron chi connectivity index (χ3n) is 3.28. The van der Waals surface area contributed by atoms with Crippen molar-refractivity contribution in [1.29, 1.82) is 0 Å². The van der Waals surface area contributed by atoms with E-state index in [1.165, 1.54) is 7.11 Å². The van der Waals surface area contributed by atoms with E-state index in [4.69, 9.17) is 26.4 Å². The number of rotatable bonds is 7. The van der Waals surface area contributed by atoms with Gasteiger partial charge in [-0.3, -0.25) is 10.1 Å². The lowest BCUT2D eigenvalue weighted by molar-refractivity contribution is 0.0974. The molecular weight excluding hydrogens is 420 g/mol. The van der Waals surface area contributed by atoms with Crippen molar-refractivity contribution < 1.29 is 19.0 Å². The summed E-state index contributed by atoms with van der Waals surface area (Å²) < 4.78 is 16.5. The molecule has 0 aliphatic heterocycles. The smallest absolute Gasteiger partial charge is 0.261 e. The van der Waals surface area contributed by atoms with E-state index in [1.54, 1.807) is 31.4 Å². The van der Waals surface area contributed by atoms with E-state index < -0.39 is 0 Å². The van der Waals surface area contributed by atoms with Gasteiger partial charge in [-0.1, -0.05) is 22.0 Å². The molecule has 0 saturated carbocycles. The van der Waals surface area contributed by atoms with Crippen LogP contribution in [0.3, 0.4) is 0 Å². The Balaban J connectivity index is 1.99.